The molecule has 0 aromatic heterocycles. The van der Waals surface area contributed by atoms with Crippen LogP contribution in [-0.4, -0.2) is 67.3 Å². The summed E-state index contributed by atoms with van der Waals surface area (Å²) in [7, 11) is 2.90. The summed E-state index contributed by atoms with van der Waals surface area (Å²) >= 11 is 0. The van der Waals surface area contributed by atoms with Crippen molar-refractivity contribution in [3.05, 3.63) is 58.5 Å². The van der Waals surface area contributed by atoms with E-state index in [0.717, 1.165) is 6.08 Å². The van der Waals surface area contributed by atoms with Crippen LogP contribution in [0.5, 0.6) is 0 Å². The number of Topliss-reactive ketones (excluding diaryl/α,β-unsaturated/α-hetero) is 1. The van der Waals surface area contributed by atoms with Crippen LogP contribution in [0.3, 0.4) is 0 Å². The second-order valence-electron chi connectivity index (χ2n) is 9.97. The number of fused-ring (bicyclic) bond motifs is 2. The Morgan fingerprint density at radius 1 is 1.13 bits per heavy atom. The molecule has 2 aliphatic rings. The fourth-order valence-electron chi connectivity index (χ4n) is 4.61. The van der Waals surface area contributed by atoms with Gasteiger partial charge in [0.05, 0.1) is 23.6 Å². The highest BCUT2D eigenvalue weighted by Gasteiger charge is 2.32. The Kier molecular flexibility index (Phi) is 11.4. The molecule has 0 saturated carbocycles. The quantitative estimate of drug-likeness (QED) is 0.303. The van der Waals surface area contributed by atoms with E-state index in [9.17, 15) is 24.3 Å². The normalized spacial score (nSPS) is 33.3. The zero-order valence-corrected chi connectivity index (χ0v) is 23.2. The average Bonchev–Trinajstić information content (AvgIpc) is 2.88. The fourth-order valence-corrected chi connectivity index (χ4v) is 4.61. The Labute approximate surface area is 228 Å². The van der Waals surface area contributed by atoms with Crippen LogP contribution in [-0.2, 0) is 28.6 Å². The zero-order valence-electron chi connectivity index (χ0n) is 23.2. The molecule has 214 valence electrons. The molecule has 0 unspecified atom stereocenters. The van der Waals surface area contributed by atoms with E-state index < -0.39 is 53.9 Å². The van der Waals surface area contributed by atoms with E-state index >= 15 is 0 Å². The Morgan fingerprint density at radius 3 is 2.38 bits per heavy atom. The number of carbonyl (C=O) groups is 4. The lowest BCUT2D eigenvalue weighted by atomic mass is 9.85. The monoisotopic (exact) mass is 545 g/mol. The number of carbonyl (C=O) groups excluding carboxylic acids is 4. The number of amides is 2. The number of nitrogens with two attached hydrogens (primary N) is 2. The maximum absolute atomic E-state index is 13.2. The number of methoxy groups -OCH3 is 2. The minimum Gasteiger partial charge on any atom is -0.439 e. The van der Waals surface area contributed by atoms with Crippen LogP contribution < -0.4 is 16.8 Å². The summed E-state index contributed by atoms with van der Waals surface area (Å²) < 4.78 is 16.4. The van der Waals surface area contributed by atoms with Crippen LogP contribution in [0.4, 0.5) is 4.79 Å². The molecule has 0 radical (unpaired) electrons. The first kappa shape index (κ1) is 31.7. The van der Waals surface area contributed by atoms with E-state index in [1.165, 1.54) is 33.3 Å². The number of nitrogens with one attached hydrogen (secondary N) is 1. The number of ether oxygens (including phenoxy) is 3. The van der Waals surface area contributed by atoms with E-state index in [1.54, 1.807) is 26.0 Å². The number of ketones is 2. The minimum atomic E-state index is -1.00. The molecule has 0 saturated heterocycles. The summed E-state index contributed by atoms with van der Waals surface area (Å²) in [5, 5.41) is 13.6. The zero-order chi connectivity index (χ0) is 29.4. The average molecular weight is 546 g/mol. The molecule has 0 fully saturated rings. The predicted octanol–water partition coefficient (Wildman–Crippen LogP) is 1.72. The third kappa shape index (κ3) is 8.22. The molecular formula is C28H39N3O8. The van der Waals surface area contributed by atoms with Gasteiger partial charge in [-0.1, -0.05) is 38.2 Å². The van der Waals surface area contributed by atoms with Gasteiger partial charge in [-0.3, -0.25) is 14.4 Å². The summed E-state index contributed by atoms with van der Waals surface area (Å²) in [4.78, 5) is 50.1. The number of hydrogen-bond donors (Lipinski definition) is 4. The standard InChI is InChI=1S/C28H39N3O8/c1-14-10-18-23(29)20(32)13-19(25(18)34)31-27(35)15(2)8-7-9-21(37-5)26(39-28(30)36)17(4)12-16(3)24(33)22(11-14)38-6/h7-9,12-14,16,21-22,24,26,33H,10-11,29H2,1-6H3,(H2,30,36)(H,31,35)/b9-7-,15-8+,17-12+/t14-,16+,21-,22-,24-,26+/m1/s1. The van der Waals surface area contributed by atoms with Crippen LogP contribution >= 0.6 is 0 Å². The van der Waals surface area contributed by atoms with Gasteiger partial charge < -0.3 is 36.1 Å². The lowest BCUT2D eigenvalue weighted by Crippen LogP contribution is -2.37. The lowest BCUT2D eigenvalue weighted by Gasteiger charge is -2.29. The molecule has 6 atom stereocenters. The van der Waals surface area contributed by atoms with Gasteiger partial charge in [-0.15, -0.1) is 0 Å². The van der Waals surface area contributed by atoms with E-state index in [4.69, 9.17) is 25.7 Å². The van der Waals surface area contributed by atoms with Crippen molar-refractivity contribution in [3.8, 4) is 0 Å². The predicted molar refractivity (Wildman–Crippen MR) is 144 cm³/mol. The van der Waals surface area contributed by atoms with E-state index in [-0.39, 0.29) is 34.9 Å². The molecule has 0 aromatic carbocycles. The van der Waals surface area contributed by atoms with E-state index in [0.29, 0.717) is 12.0 Å². The smallest absolute Gasteiger partial charge is 0.405 e. The molecule has 6 N–H and O–H groups in total. The molecule has 0 aromatic rings. The number of aliphatic hydroxyl groups is 1. The van der Waals surface area contributed by atoms with Crippen molar-refractivity contribution < 1.29 is 38.5 Å². The maximum atomic E-state index is 13.2. The van der Waals surface area contributed by atoms with Gasteiger partial charge in [0.1, 0.15) is 6.10 Å². The Morgan fingerprint density at radius 2 is 1.79 bits per heavy atom. The van der Waals surface area contributed by atoms with Gasteiger partial charge in [0.2, 0.25) is 11.6 Å². The van der Waals surface area contributed by atoms with Crippen LogP contribution in [0.2, 0.25) is 0 Å². The summed E-state index contributed by atoms with van der Waals surface area (Å²) in [5.74, 6) is -2.37. The largest absolute Gasteiger partial charge is 0.439 e. The molecule has 0 spiro atoms. The molecule has 39 heavy (non-hydrogen) atoms. The first-order valence-corrected chi connectivity index (χ1v) is 12.6. The molecule has 1 aliphatic heterocycles. The molecule has 1 aliphatic carbocycles. The summed E-state index contributed by atoms with van der Waals surface area (Å²) in [6.45, 7) is 6.89. The Bertz CT molecular complexity index is 1130. The van der Waals surface area contributed by atoms with Gasteiger partial charge in [0.25, 0.3) is 5.91 Å². The van der Waals surface area contributed by atoms with Crippen molar-refractivity contribution in [1.29, 1.82) is 0 Å². The Balaban J connectivity index is 2.58. The summed E-state index contributed by atoms with van der Waals surface area (Å²) in [6, 6.07) is 0. The molecule has 1 heterocycles. The molecule has 2 rings (SSSR count). The van der Waals surface area contributed by atoms with Gasteiger partial charge in [0, 0.05) is 37.4 Å². The number of rotatable bonds is 3. The lowest BCUT2D eigenvalue weighted by molar-refractivity contribution is -0.120. The van der Waals surface area contributed by atoms with Crippen molar-refractivity contribution in [2.45, 2.75) is 65.0 Å². The fraction of sp³-hybridized carbons (Fsp3) is 0.500. The highest BCUT2D eigenvalue weighted by Crippen LogP contribution is 2.28. The number of primary amides is 1. The van der Waals surface area contributed by atoms with Crippen LogP contribution in [0.15, 0.2) is 58.5 Å². The van der Waals surface area contributed by atoms with Crippen LogP contribution in [0.1, 0.15) is 40.5 Å². The SMILES string of the molecule is CO[C@@H]1/C=C\C=C(/C)C(=O)NC2=CC(=O)C(N)=C(C[C@@H](C)C[C@@H](OC)[C@H](O)[C@@H](C)/C=C(\C)[C@@H]1OC(N)=O)C2=O. The molecule has 2 amide bonds. The van der Waals surface area contributed by atoms with Crippen molar-refractivity contribution in [2.24, 2.45) is 23.3 Å². The number of aliphatic hydroxyl groups excluding tert-OH is 1. The molecule has 2 bridgehead atoms. The highest BCUT2D eigenvalue weighted by atomic mass is 16.6. The van der Waals surface area contributed by atoms with Crippen molar-refractivity contribution in [1.82, 2.24) is 5.32 Å². The summed E-state index contributed by atoms with van der Waals surface area (Å²) in [6.07, 6.45) is 3.55. The van der Waals surface area contributed by atoms with Gasteiger partial charge in [-0.25, -0.2) is 4.79 Å². The molecule has 11 nitrogen and oxygen atoms in total. The van der Waals surface area contributed by atoms with Crippen molar-refractivity contribution >= 4 is 23.6 Å². The van der Waals surface area contributed by atoms with Gasteiger partial charge in [-0.2, -0.15) is 0 Å². The van der Waals surface area contributed by atoms with Gasteiger partial charge in [0.15, 0.2) is 6.10 Å². The van der Waals surface area contributed by atoms with Crippen LogP contribution in [0, 0.1) is 11.8 Å². The van der Waals surface area contributed by atoms with Crippen molar-refractivity contribution in [2.75, 3.05) is 14.2 Å². The van der Waals surface area contributed by atoms with E-state index in [1.807, 2.05) is 6.92 Å². The maximum Gasteiger partial charge on any atom is 0.405 e. The second kappa shape index (κ2) is 14.0. The second-order valence-corrected chi connectivity index (χ2v) is 9.97. The van der Waals surface area contributed by atoms with Gasteiger partial charge >= 0.3 is 6.09 Å². The third-order valence-electron chi connectivity index (χ3n) is 6.84. The number of hydrogen-bond acceptors (Lipinski definition) is 9. The van der Waals surface area contributed by atoms with Gasteiger partial charge in [-0.05, 0) is 38.2 Å². The first-order valence-electron chi connectivity index (χ1n) is 12.6. The topological polar surface area (TPSA) is 180 Å². The van der Waals surface area contributed by atoms with Crippen molar-refractivity contribution in [3.63, 3.8) is 0 Å². The first-order chi connectivity index (χ1) is 18.3. The minimum absolute atomic E-state index is 0.104. The van der Waals surface area contributed by atoms with Crippen LogP contribution in [0.25, 0.3) is 0 Å². The third-order valence-corrected chi connectivity index (χ3v) is 6.84. The number of allylic oxidation sites excluding steroid dienone is 4. The van der Waals surface area contributed by atoms with E-state index in [2.05, 4.69) is 5.32 Å². The molecule has 11 heteroatoms. The molecular weight excluding hydrogens is 506 g/mol. The highest BCUT2D eigenvalue weighted by molar-refractivity contribution is 6.23. The summed E-state index contributed by atoms with van der Waals surface area (Å²) in [5.41, 5.74) is 11.9. The Hall–Kier alpha value is -3.54.